The summed E-state index contributed by atoms with van der Waals surface area (Å²) in [5.41, 5.74) is 9.36. The van der Waals surface area contributed by atoms with Crippen LogP contribution in [0.3, 0.4) is 0 Å². The van der Waals surface area contributed by atoms with Crippen LogP contribution in [0, 0.1) is 0 Å². The summed E-state index contributed by atoms with van der Waals surface area (Å²) in [5.74, 6) is 0. The van der Waals surface area contributed by atoms with Gasteiger partial charge < -0.3 is 0 Å². The van der Waals surface area contributed by atoms with E-state index in [4.69, 9.17) is 9.97 Å². The third-order valence-electron chi connectivity index (χ3n) is 8.30. The molecule has 43 heavy (non-hydrogen) atoms. The maximum atomic E-state index is 5.23. The number of aromatic nitrogens is 3. The Kier molecular flexibility index (Phi) is 5.37. The highest BCUT2D eigenvalue weighted by molar-refractivity contribution is 7.26. The lowest BCUT2D eigenvalue weighted by atomic mass is 9.97. The van der Waals surface area contributed by atoms with Gasteiger partial charge >= 0.3 is 0 Å². The van der Waals surface area contributed by atoms with Gasteiger partial charge in [0.15, 0.2) is 0 Å². The normalized spacial score (nSPS) is 11.7. The zero-order valence-corrected chi connectivity index (χ0v) is 23.8. The summed E-state index contributed by atoms with van der Waals surface area (Å²) in [7, 11) is 0. The molecule has 0 saturated carbocycles. The number of pyridine rings is 3. The van der Waals surface area contributed by atoms with Gasteiger partial charge in [-0.15, -0.1) is 11.3 Å². The van der Waals surface area contributed by atoms with Gasteiger partial charge in [0.05, 0.1) is 27.9 Å². The molecule has 4 aromatic heterocycles. The van der Waals surface area contributed by atoms with Crippen molar-refractivity contribution in [3.8, 4) is 33.6 Å². The van der Waals surface area contributed by atoms with Crippen molar-refractivity contribution in [3.63, 3.8) is 0 Å². The second-order valence-corrected chi connectivity index (χ2v) is 12.0. The van der Waals surface area contributed by atoms with Gasteiger partial charge in [0.2, 0.25) is 0 Å². The first-order valence-corrected chi connectivity index (χ1v) is 15.2. The fraction of sp³-hybridized carbons (Fsp3) is 0. The van der Waals surface area contributed by atoms with E-state index in [-0.39, 0.29) is 0 Å². The zero-order valence-electron chi connectivity index (χ0n) is 23.0. The molecule has 4 heteroatoms. The summed E-state index contributed by atoms with van der Waals surface area (Å²) in [6, 6.07) is 47.1. The van der Waals surface area contributed by atoms with Crippen molar-refractivity contribution in [1.82, 2.24) is 15.0 Å². The average molecular weight is 566 g/mol. The first kappa shape index (κ1) is 24.2. The first-order chi connectivity index (χ1) is 21.3. The van der Waals surface area contributed by atoms with Gasteiger partial charge in [-0.1, -0.05) is 91.0 Å². The zero-order chi connectivity index (χ0) is 28.3. The Labute approximate surface area is 251 Å². The van der Waals surface area contributed by atoms with E-state index in [1.54, 1.807) is 0 Å². The molecular weight excluding hydrogens is 543 g/mol. The minimum Gasteiger partial charge on any atom is -0.256 e. The lowest BCUT2D eigenvalue weighted by molar-refractivity contribution is 1.37. The largest absolute Gasteiger partial charge is 0.256 e. The topological polar surface area (TPSA) is 38.7 Å². The maximum absolute atomic E-state index is 5.23. The predicted octanol–water partition coefficient (Wildman–Crippen LogP) is 10.7. The fourth-order valence-electron chi connectivity index (χ4n) is 6.16. The van der Waals surface area contributed by atoms with Crippen molar-refractivity contribution in [1.29, 1.82) is 0 Å². The lowest BCUT2D eigenvalue weighted by Crippen LogP contribution is -1.91. The maximum Gasteiger partial charge on any atom is 0.0972 e. The Hall–Kier alpha value is -5.45. The molecule has 0 atom stereocenters. The van der Waals surface area contributed by atoms with E-state index < -0.39 is 0 Å². The molecule has 0 aliphatic carbocycles. The van der Waals surface area contributed by atoms with E-state index in [0.717, 1.165) is 55.2 Å². The fourth-order valence-corrected chi connectivity index (χ4v) is 7.27. The molecule has 0 saturated heterocycles. The first-order valence-electron chi connectivity index (χ1n) is 14.4. The highest BCUT2D eigenvalue weighted by Gasteiger charge is 2.14. The second kappa shape index (κ2) is 9.55. The van der Waals surface area contributed by atoms with Crippen LogP contribution in [0.1, 0.15) is 0 Å². The van der Waals surface area contributed by atoms with Gasteiger partial charge in [-0.25, -0.2) is 9.97 Å². The summed E-state index contributed by atoms with van der Waals surface area (Å²) in [6.45, 7) is 0. The molecule has 3 nitrogen and oxygen atoms in total. The number of thiophene rings is 1. The Morgan fingerprint density at radius 3 is 2.00 bits per heavy atom. The number of nitrogens with zero attached hydrogens (tertiary/aromatic N) is 3. The van der Waals surface area contributed by atoms with Crippen LogP contribution in [-0.4, -0.2) is 15.0 Å². The van der Waals surface area contributed by atoms with Crippen molar-refractivity contribution in [2.45, 2.75) is 0 Å². The van der Waals surface area contributed by atoms with E-state index in [0.29, 0.717) is 0 Å². The third kappa shape index (κ3) is 3.99. The van der Waals surface area contributed by atoms with Crippen LogP contribution in [0.5, 0.6) is 0 Å². The minimum atomic E-state index is 0.924. The smallest absolute Gasteiger partial charge is 0.0972 e. The van der Waals surface area contributed by atoms with Crippen molar-refractivity contribution in [2.75, 3.05) is 0 Å². The van der Waals surface area contributed by atoms with Crippen LogP contribution in [0.15, 0.2) is 140 Å². The molecule has 0 aliphatic rings. The molecule has 4 heterocycles. The second-order valence-electron chi connectivity index (χ2n) is 10.9. The predicted molar refractivity (Wildman–Crippen MR) is 182 cm³/mol. The molecular formula is C39H23N3S. The molecule has 0 bridgehead atoms. The van der Waals surface area contributed by atoms with E-state index >= 15 is 0 Å². The number of rotatable bonds is 3. The molecule has 0 radical (unpaired) electrons. The van der Waals surface area contributed by atoms with Gasteiger partial charge in [-0.05, 0) is 53.6 Å². The van der Waals surface area contributed by atoms with Crippen LogP contribution in [0.2, 0.25) is 0 Å². The van der Waals surface area contributed by atoms with E-state index in [9.17, 15) is 0 Å². The highest BCUT2D eigenvalue weighted by Crippen LogP contribution is 2.42. The van der Waals surface area contributed by atoms with Gasteiger partial charge in [0.1, 0.15) is 0 Å². The van der Waals surface area contributed by atoms with E-state index in [2.05, 4.69) is 114 Å². The average Bonchev–Trinajstić information content (AvgIpc) is 3.46. The van der Waals surface area contributed by atoms with E-state index in [1.807, 2.05) is 41.8 Å². The summed E-state index contributed by atoms with van der Waals surface area (Å²) in [6.07, 6.45) is 1.86. The molecule has 0 N–H and O–H groups in total. The van der Waals surface area contributed by atoms with Crippen molar-refractivity contribution >= 4 is 64.2 Å². The Bertz CT molecular complexity index is 2510. The van der Waals surface area contributed by atoms with Gasteiger partial charge in [0, 0.05) is 53.7 Å². The van der Waals surface area contributed by atoms with Crippen LogP contribution in [0.4, 0.5) is 0 Å². The molecule has 0 aliphatic heterocycles. The Morgan fingerprint density at radius 2 is 1.19 bits per heavy atom. The molecule has 0 fully saturated rings. The summed E-state index contributed by atoms with van der Waals surface area (Å²) in [4.78, 5) is 14.9. The van der Waals surface area contributed by atoms with Crippen molar-refractivity contribution in [3.05, 3.63) is 140 Å². The summed E-state index contributed by atoms with van der Waals surface area (Å²) in [5, 5.41) is 5.85. The van der Waals surface area contributed by atoms with E-state index in [1.165, 1.54) is 31.3 Å². The Morgan fingerprint density at radius 1 is 0.465 bits per heavy atom. The van der Waals surface area contributed by atoms with Crippen LogP contribution in [-0.2, 0) is 0 Å². The summed E-state index contributed by atoms with van der Waals surface area (Å²) >= 11 is 1.84. The number of benzene rings is 5. The number of fused-ring (bicyclic) bond motifs is 7. The SMILES string of the molecule is c1ccc(-c2ccc3ccc4ccc(-c5ccc6sc7cccc(-c8ccc9cccnc9c8)c7c6c5)nc4c3n2)cc1. The molecule has 9 rings (SSSR count). The standard InChI is InChI=1S/C39H23N3S/c1-2-6-24(7-3-1)32-18-15-26-12-13-27-16-19-33(42-39(27)38(26)41-32)29-17-20-35-31(22-29)37-30(9-4-10-36(37)43-35)28-14-11-25-8-5-21-40-34(25)23-28/h1-23H. The minimum absolute atomic E-state index is 0.924. The van der Waals surface area contributed by atoms with Gasteiger partial charge in [0.25, 0.3) is 0 Å². The summed E-state index contributed by atoms with van der Waals surface area (Å²) < 4.78 is 2.55. The Balaban J connectivity index is 1.22. The quantitative estimate of drug-likeness (QED) is 0.200. The lowest BCUT2D eigenvalue weighted by Gasteiger charge is -2.09. The molecule has 9 aromatic rings. The number of hydrogen-bond donors (Lipinski definition) is 0. The van der Waals surface area contributed by atoms with Gasteiger partial charge in [-0.3, -0.25) is 4.98 Å². The molecule has 0 spiro atoms. The van der Waals surface area contributed by atoms with Crippen molar-refractivity contribution in [2.24, 2.45) is 0 Å². The molecule has 200 valence electrons. The third-order valence-corrected chi connectivity index (χ3v) is 9.43. The highest BCUT2D eigenvalue weighted by atomic mass is 32.1. The molecule has 0 amide bonds. The monoisotopic (exact) mass is 565 g/mol. The van der Waals surface area contributed by atoms with Crippen LogP contribution in [0.25, 0.3) is 86.5 Å². The molecule has 0 unspecified atom stereocenters. The van der Waals surface area contributed by atoms with Crippen LogP contribution < -0.4 is 0 Å². The van der Waals surface area contributed by atoms with Crippen molar-refractivity contribution < 1.29 is 0 Å². The number of hydrogen-bond acceptors (Lipinski definition) is 4. The van der Waals surface area contributed by atoms with Gasteiger partial charge in [-0.2, -0.15) is 0 Å². The molecule has 5 aromatic carbocycles. The van der Waals surface area contributed by atoms with Crippen LogP contribution >= 0.6 is 11.3 Å².